The number of hydrogen-bond acceptors (Lipinski definition) is 4. The van der Waals surface area contributed by atoms with Crippen LogP contribution in [0, 0.1) is 0 Å². The van der Waals surface area contributed by atoms with E-state index in [0.29, 0.717) is 18.9 Å². The second-order valence-electron chi connectivity index (χ2n) is 5.49. The van der Waals surface area contributed by atoms with E-state index < -0.39 is 0 Å². The van der Waals surface area contributed by atoms with Crippen molar-refractivity contribution in [3.05, 3.63) is 72.9 Å². The minimum absolute atomic E-state index is 0.513. The average molecular weight is 335 g/mol. The number of nitrogens with one attached hydrogen (secondary N) is 1. The van der Waals surface area contributed by atoms with Gasteiger partial charge in [-0.05, 0) is 36.8 Å². The number of ether oxygens (including phenoxy) is 2. The van der Waals surface area contributed by atoms with Crippen LogP contribution in [-0.2, 0) is 0 Å². The number of nitrogens with two attached hydrogens (primary N) is 1. The molecule has 0 aliphatic rings. The van der Waals surface area contributed by atoms with Crippen LogP contribution in [0.25, 0.3) is 11.3 Å². The van der Waals surface area contributed by atoms with E-state index in [-0.39, 0.29) is 0 Å². The fourth-order valence-corrected chi connectivity index (χ4v) is 2.35. The molecule has 0 aliphatic heterocycles. The first kappa shape index (κ1) is 16.6. The van der Waals surface area contributed by atoms with Crippen molar-refractivity contribution in [3.8, 4) is 22.8 Å². The van der Waals surface area contributed by atoms with E-state index in [2.05, 4.69) is 10.2 Å². The van der Waals surface area contributed by atoms with Crippen molar-refractivity contribution in [2.45, 2.75) is 6.42 Å². The molecule has 128 valence electrons. The number of aromatic amines is 1. The zero-order valence-corrected chi connectivity index (χ0v) is 13.9. The molecule has 0 saturated heterocycles. The van der Waals surface area contributed by atoms with Crippen LogP contribution >= 0.6 is 0 Å². The summed E-state index contributed by atoms with van der Waals surface area (Å²) in [6, 6.07) is 17.3. The molecule has 25 heavy (non-hydrogen) atoms. The number of nitrogen functional groups attached to an aromatic ring is 1. The van der Waals surface area contributed by atoms with Crippen LogP contribution in [0.1, 0.15) is 6.42 Å². The maximum Gasteiger partial charge on any atom is 0.121 e. The maximum absolute atomic E-state index is 5.78. The molecule has 2 aromatic carbocycles. The molecule has 0 aliphatic carbocycles. The van der Waals surface area contributed by atoms with E-state index in [0.717, 1.165) is 29.2 Å². The van der Waals surface area contributed by atoms with Crippen molar-refractivity contribution in [3.63, 3.8) is 0 Å². The van der Waals surface area contributed by atoms with Crippen LogP contribution in [0.4, 0.5) is 5.69 Å². The van der Waals surface area contributed by atoms with Gasteiger partial charge in [0, 0.05) is 23.5 Å². The third-order valence-corrected chi connectivity index (χ3v) is 3.57. The van der Waals surface area contributed by atoms with Gasteiger partial charge in [0.2, 0.25) is 0 Å². The van der Waals surface area contributed by atoms with E-state index in [9.17, 15) is 0 Å². The molecular weight excluding hydrogens is 314 g/mol. The molecule has 0 spiro atoms. The first-order valence-corrected chi connectivity index (χ1v) is 8.17. The summed E-state index contributed by atoms with van der Waals surface area (Å²) >= 11 is 0. The van der Waals surface area contributed by atoms with Crippen LogP contribution in [0.2, 0.25) is 0 Å². The van der Waals surface area contributed by atoms with E-state index in [4.69, 9.17) is 15.2 Å². The van der Waals surface area contributed by atoms with Crippen molar-refractivity contribution in [2.75, 3.05) is 18.9 Å². The number of H-pyrrole nitrogens is 1. The van der Waals surface area contributed by atoms with E-state index in [1.165, 1.54) is 0 Å². The number of anilines is 1. The number of rotatable bonds is 8. The van der Waals surface area contributed by atoms with Crippen LogP contribution < -0.4 is 15.2 Å². The van der Waals surface area contributed by atoms with Gasteiger partial charge in [0.05, 0.1) is 12.3 Å². The second-order valence-corrected chi connectivity index (χ2v) is 5.49. The highest BCUT2D eigenvalue weighted by Crippen LogP contribution is 2.21. The quantitative estimate of drug-likeness (QED) is 0.370. The third kappa shape index (κ3) is 5.14. The van der Waals surface area contributed by atoms with Gasteiger partial charge in [0.25, 0.3) is 0 Å². The van der Waals surface area contributed by atoms with Crippen molar-refractivity contribution >= 4 is 5.69 Å². The molecule has 1 heterocycles. The summed E-state index contributed by atoms with van der Waals surface area (Å²) in [7, 11) is 0. The average Bonchev–Trinajstić information content (AvgIpc) is 3.16. The maximum atomic E-state index is 5.78. The molecule has 0 amide bonds. The van der Waals surface area contributed by atoms with Gasteiger partial charge in [-0.3, -0.25) is 5.10 Å². The SMILES string of the molecule is Nc1cccc(OC/C=C\CCOc2cccc(-c3ccn[nH]3)c2)c1. The molecule has 3 rings (SSSR count). The van der Waals surface area contributed by atoms with Crippen molar-refractivity contribution in [1.82, 2.24) is 10.2 Å². The summed E-state index contributed by atoms with van der Waals surface area (Å²) in [6.45, 7) is 1.12. The van der Waals surface area contributed by atoms with Crippen LogP contribution in [0.15, 0.2) is 72.9 Å². The first-order valence-electron chi connectivity index (χ1n) is 8.17. The summed E-state index contributed by atoms with van der Waals surface area (Å²) in [5.74, 6) is 1.62. The minimum Gasteiger partial charge on any atom is -0.493 e. The highest BCUT2D eigenvalue weighted by Gasteiger charge is 2.00. The van der Waals surface area contributed by atoms with Crippen LogP contribution in [-0.4, -0.2) is 23.4 Å². The summed E-state index contributed by atoms with van der Waals surface area (Å²) in [5, 5.41) is 6.91. The number of hydrogen-bond donors (Lipinski definition) is 2. The van der Waals surface area contributed by atoms with Gasteiger partial charge < -0.3 is 15.2 Å². The molecule has 0 saturated carbocycles. The lowest BCUT2D eigenvalue weighted by atomic mass is 10.1. The van der Waals surface area contributed by atoms with E-state index in [1.54, 1.807) is 6.20 Å². The van der Waals surface area contributed by atoms with E-state index >= 15 is 0 Å². The van der Waals surface area contributed by atoms with E-state index in [1.807, 2.05) is 66.7 Å². The fourth-order valence-electron chi connectivity index (χ4n) is 2.35. The lowest BCUT2D eigenvalue weighted by Gasteiger charge is -2.06. The highest BCUT2D eigenvalue weighted by atomic mass is 16.5. The Kier molecular flexibility index (Phi) is 5.72. The third-order valence-electron chi connectivity index (χ3n) is 3.57. The van der Waals surface area contributed by atoms with Gasteiger partial charge in [0.1, 0.15) is 18.1 Å². The predicted octanol–water partition coefficient (Wildman–Crippen LogP) is 4.06. The predicted molar refractivity (Wildman–Crippen MR) is 99.6 cm³/mol. The molecule has 0 radical (unpaired) electrons. The summed E-state index contributed by atoms with van der Waals surface area (Å²) < 4.78 is 11.4. The Morgan fingerprint density at radius 3 is 2.60 bits per heavy atom. The standard InChI is InChI=1S/C20H21N3O2/c21-17-7-5-9-19(15-17)25-13-3-1-2-12-24-18-8-4-6-16(14-18)20-10-11-22-23-20/h1,3-11,14-15H,2,12-13,21H2,(H,22,23)/b3-1-. The number of aromatic nitrogens is 2. The number of benzene rings is 2. The van der Waals surface area contributed by atoms with Crippen molar-refractivity contribution in [1.29, 1.82) is 0 Å². The molecule has 1 aromatic heterocycles. The number of nitrogens with zero attached hydrogens (tertiary/aromatic N) is 1. The van der Waals surface area contributed by atoms with Crippen molar-refractivity contribution in [2.24, 2.45) is 0 Å². The van der Waals surface area contributed by atoms with Gasteiger partial charge in [-0.15, -0.1) is 0 Å². The Balaban J connectivity index is 1.39. The molecule has 0 unspecified atom stereocenters. The molecule has 3 N–H and O–H groups in total. The molecule has 0 bridgehead atoms. The summed E-state index contributed by atoms with van der Waals surface area (Å²) in [4.78, 5) is 0. The Morgan fingerprint density at radius 1 is 0.960 bits per heavy atom. The summed E-state index contributed by atoms with van der Waals surface area (Å²) in [5.41, 5.74) is 8.44. The zero-order valence-electron chi connectivity index (χ0n) is 13.9. The van der Waals surface area contributed by atoms with Gasteiger partial charge in [0.15, 0.2) is 0 Å². The molecule has 5 nitrogen and oxygen atoms in total. The summed E-state index contributed by atoms with van der Waals surface area (Å²) in [6.07, 6.45) is 6.58. The smallest absolute Gasteiger partial charge is 0.121 e. The minimum atomic E-state index is 0.513. The Bertz CT molecular complexity index is 813. The Hall–Kier alpha value is -3.21. The zero-order chi connectivity index (χ0) is 17.3. The Morgan fingerprint density at radius 2 is 1.80 bits per heavy atom. The molecule has 5 heteroatoms. The van der Waals surface area contributed by atoms with Crippen LogP contribution in [0.3, 0.4) is 0 Å². The van der Waals surface area contributed by atoms with Gasteiger partial charge in [-0.1, -0.05) is 30.4 Å². The normalized spacial score (nSPS) is 10.9. The monoisotopic (exact) mass is 335 g/mol. The highest BCUT2D eigenvalue weighted by molar-refractivity contribution is 5.60. The molecule has 0 atom stereocenters. The van der Waals surface area contributed by atoms with Gasteiger partial charge in [-0.25, -0.2) is 0 Å². The van der Waals surface area contributed by atoms with Gasteiger partial charge >= 0.3 is 0 Å². The molecular formula is C20H21N3O2. The first-order chi connectivity index (χ1) is 12.3. The lowest BCUT2D eigenvalue weighted by Crippen LogP contribution is -1.97. The second kappa shape index (κ2) is 8.59. The lowest BCUT2D eigenvalue weighted by molar-refractivity contribution is 0.324. The van der Waals surface area contributed by atoms with Crippen LogP contribution in [0.5, 0.6) is 11.5 Å². The molecule has 3 aromatic rings. The Labute approximate surface area is 147 Å². The topological polar surface area (TPSA) is 73.2 Å². The van der Waals surface area contributed by atoms with Gasteiger partial charge in [-0.2, -0.15) is 5.10 Å². The van der Waals surface area contributed by atoms with Crippen molar-refractivity contribution < 1.29 is 9.47 Å². The fraction of sp³-hybridized carbons (Fsp3) is 0.150. The molecule has 0 fully saturated rings. The largest absolute Gasteiger partial charge is 0.493 e.